The summed E-state index contributed by atoms with van der Waals surface area (Å²) in [6.07, 6.45) is -3.57. The van der Waals surface area contributed by atoms with E-state index >= 15 is 0 Å². The smallest absolute Gasteiger partial charge is 0.407 e. The van der Waals surface area contributed by atoms with Crippen LogP contribution in [0.1, 0.15) is 29.0 Å². The number of aryl methyl sites for hydroxylation is 1. The lowest BCUT2D eigenvalue weighted by Crippen LogP contribution is -2.29. The fourth-order valence-electron chi connectivity index (χ4n) is 1.27. The van der Waals surface area contributed by atoms with Crippen molar-refractivity contribution >= 4 is 5.97 Å². The van der Waals surface area contributed by atoms with E-state index in [1.54, 1.807) is 6.92 Å². The molecule has 1 unspecified atom stereocenters. The molecule has 0 aromatic carbocycles. The molecule has 0 amide bonds. The summed E-state index contributed by atoms with van der Waals surface area (Å²) in [6.45, 7) is 1.60. The number of esters is 1. The summed E-state index contributed by atoms with van der Waals surface area (Å²) in [5.74, 6) is -0.914. The predicted molar refractivity (Wildman–Crippen MR) is 52.1 cm³/mol. The standard InChI is InChI=1S/C9H12F3N3O2/c1-3-17-8(16)6-5(4-15(2)14-6)7(13)9(10,11)12/h4,7H,3,13H2,1-2H3. The van der Waals surface area contributed by atoms with Crippen LogP contribution in [0.3, 0.4) is 0 Å². The summed E-state index contributed by atoms with van der Waals surface area (Å²) in [5, 5.41) is 3.63. The molecule has 2 N–H and O–H groups in total. The Hall–Kier alpha value is -1.57. The van der Waals surface area contributed by atoms with E-state index in [9.17, 15) is 18.0 Å². The molecule has 1 heterocycles. The van der Waals surface area contributed by atoms with Crippen LogP contribution in [0.25, 0.3) is 0 Å². The van der Waals surface area contributed by atoms with Crippen LogP contribution in [-0.4, -0.2) is 28.5 Å². The van der Waals surface area contributed by atoms with E-state index in [0.717, 1.165) is 10.9 Å². The fourth-order valence-corrected chi connectivity index (χ4v) is 1.27. The SMILES string of the molecule is CCOC(=O)c1nn(C)cc1C(N)C(F)(F)F. The Balaban J connectivity index is 3.12. The number of ether oxygens (including phenoxy) is 1. The van der Waals surface area contributed by atoms with Crippen molar-refractivity contribution in [2.24, 2.45) is 12.8 Å². The number of nitrogens with two attached hydrogens (primary N) is 1. The van der Waals surface area contributed by atoms with Crippen molar-refractivity contribution < 1.29 is 22.7 Å². The van der Waals surface area contributed by atoms with E-state index in [-0.39, 0.29) is 6.61 Å². The second kappa shape index (κ2) is 4.74. The number of alkyl halides is 3. The molecule has 1 atom stereocenters. The second-order valence-electron chi connectivity index (χ2n) is 3.35. The van der Waals surface area contributed by atoms with Crippen molar-refractivity contribution in [2.45, 2.75) is 19.1 Å². The van der Waals surface area contributed by atoms with Crippen LogP contribution in [-0.2, 0) is 11.8 Å². The van der Waals surface area contributed by atoms with Gasteiger partial charge in [-0.25, -0.2) is 4.79 Å². The Bertz CT molecular complexity index is 414. The molecule has 0 aliphatic carbocycles. The third-order valence-electron chi connectivity index (χ3n) is 2.01. The summed E-state index contributed by atoms with van der Waals surface area (Å²) in [5.41, 5.74) is 4.24. The average molecular weight is 251 g/mol. The van der Waals surface area contributed by atoms with E-state index in [1.165, 1.54) is 7.05 Å². The Labute approximate surface area is 95.3 Å². The van der Waals surface area contributed by atoms with E-state index < -0.39 is 29.4 Å². The lowest BCUT2D eigenvalue weighted by atomic mass is 10.1. The van der Waals surface area contributed by atoms with Crippen molar-refractivity contribution in [3.63, 3.8) is 0 Å². The lowest BCUT2D eigenvalue weighted by molar-refractivity contribution is -0.149. The molecular formula is C9H12F3N3O2. The first-order chi connectivity index (χ1) is 7.77. The summed E-state index contributed by atoms with van der Waals surface area (Å²) < 4.78 is 43.1. The molecule has 0 spiro atoms. The zero-order chi connectivity index (χ0) is 13.2. The first-order valence-electron chi connectivity index (χ1n) is 4.80. The van der Waals surface area contributed by atoms with Gasteiger partial charge in [0.15, 0.2) is 5.69 Å². The third kappa shape index (κ3) is 2.96. The molecule has 5 nitrogen and oxygen atoms in total. The molecule has 0 saturated carbocycles. The maximum Gasteiger partial charge on any atom is 0.407 e. The highest BCUT2D eigenvalue weighted by Gasteiger charge is 2.41. The van der Waals surface area contributed by atoms with E-state index in [4.69, 9.17) is 5.73 Å². The van der Waals surface area contributed by atoms with E-state index in [0.29, 0.717) is 0 Å². The number of halogens is 3. The molecule has 0 saturated heterocycles. The van der Waals surface area contributed by atoms with Gasteiger partial charge in [-0.1, -0.05) is 0 Å². The van der Waals surface area contributed by atoms with Crippen LogP contribution in [0.2, 0.25) is 0 Å². The van der Waals surface area contributed by atoms with Gasteiger partial charge < -0.3 is 10.5 Å². The number of rotatable bonds is 3. The van der Waals surface area contributed by atoms with Gasteiger partial charge in [-0.15, -0.1) is 0 Å². The zero-order valence-electron chi connectivity index (χ0n) is 9.28. The van der Waals surface area contributed by atoms with Crippen LogP contribution in [0.4, 0.5) is 13.2 Å². The molecule has 1 aromatic rings. The minimum Gasteiger partial charge on any atom is -0.461 e. The second-order valence-corrected chi connectivity index (χ2v) is 3.35. The number of nitrogens with zero attached hydrogens (tertiary/aromatic N) is 2. The third-order valence-corrected chi connectivity index (χ3v) is 2.01. The maximum absolute atomic E-state index is 12.5. The minimum absolute atomic E-state index is 0.0517. The molecule has 96 valence electrons. The largest absolute Gasteiger partial charge is 0.461 e. The zero-order valence-corrected chi connectivity index (χ0v) is 9.28. The molecule has 8 heteroatoms. The molecule has 17 heavy (non-hydrogen) atoms. The maximum atomic E-state index is 12.5. The van der Waals surface area contributed by atoms with Gasteiger partial charge >= 0.3 is 12.1 Å². The van der Waals surface area contributed by atoms with Gasteiger partial charge in [-0.05, 0) is 6.92 Å². The molecule has 1 aromatic heterocycles. The average Bonchev–Trinajstić information content (AvgIpc) is 2.58. The van der Waals surface area contributed by atoms with Crippen LogP contribution < -0.4 is 5.73 Å². The fraction of sp³-hybridized carbons (Fsp3) is 0.556. The number of hydrogen-bond acceptors (Lipinski definition) is 4. The van der Waals surface area contributed by atoms with E-state index in [1.807, 2.05) is 0 Å². The quantitative estimate of drug-likeness (QED) is 0.818. The molecular weight excluding hydrogens is 239 g/mol. The summed E-state index contributed by atoms with van der Waals surface area (Å²) >= 11 is 0. The number of carbonyl (C=O) groups is 1. The van der Waals surface area contributed by atoms with Crippen molar-refractivity contribution in [2.75, 3.05) is 6.61 Å². The van der Waals surface area contributed by atoms with Crippen molar-refractivity contribution in [1.29, 1.82) is 0 Å². The van der Waals surface area contributed by atoms with E-state index in [2.05, 4.69) is 9.84 Å². The molecule has 0 radical (unpaired) electrons. The monoisotopic (exact) mass is 251 g/mol. The van der Waals surface area contributed by atoms with Gasteiger partial charge in [-0.2, -0.15) is 18.3 Å². The highest BCUT2D eigenvalue weighted by molar-refractivity contribution is 5.89. The number of carbonyl (C=O) groups excluding carboxylic acids is 1. The van der Waals surface area contributed by atoms with Crippen molar-refractivity contribution in [3.8, 4) is 0 Å². The minimum atomic E-state index is -4.63. The predicted octanol–water partition coefficient (Wildman–Crippen LogP) is 1.16. The van der Waals surface area contributed by atoms with Crippen LogP contribution in [0, 0.1) is 0 Å². The molecule has 0 aliphatic heterocycles. The first-order valence-corrected chi connectivity index (χ1v) is 4.80. The molecule has 0 fully saturated rings. The lowest BCUT2D eigenvalue weighted by Gasteiger charge is -2.14. The Morgan fingerprint density at radius 2 is 2.24 bits per heavy atom. The van der Waals surface area contributed by atoms with Gasteiger partial charge in [0.1, 0.15) is 6.04 Å². The van der Waals surface area contributed by atoms with Crippen LogP contribution in [0.5, 0.6) is 0 Å². The van der Waals surface area contributed by atoms with Crippen LogP contribution >= 0.6 is 0 Å². The molecule has 1 rings (SSSR count). The number of hydrogen-bond donors (Lipinski definition) is 1. The summed E-state index contributed by atoms with van der Waals surface area (Å²) in [4.78, 5) is 11.4. The van der Waals surface area contributed by atoms with Gasteiger partial charge in [0.2, 0.25) is 0 Å². The highest BCUT2D eigenvalue weighted by Crippen LogP contribution is 2.32. The Kier molecular flexibility index (Phi) is 3.76. The summed E-state index contributed by atoms with van der Waals surface area (Å²) in [6, 6.07) is -2.25. The first kappa shape index (κ1) is 13.5. The molecule has 0 bridgehead atoms. The van der Waals surface area contributed by atoms with Crippen molar-refractivity contribution in [1.82, 2.24) is 9.78 Å². The number of aromatic nitrogens is 2. The van der Waals surface area contributed by atoms with Crippen LogP contribution in [0.15, 0.2) is 6.20 Å². The summed E-state index contributed by atoms with van der Waals surface area (Å²) in [7, 11) is 1.40. The van der Waals surface area contributed by atoms with Gasteiger partial charge in [0, 0.05) is 18.8 Å². The topological polar surface area (TPSA) is 70.1 Å². The Morgan fingerprint density at radius 1 is 1.65 bits per heavy atom. The van der Waals surface area contributed by atoms with Gasteiger partial charge in [0.25, 0.3) is 0 Å². The Morgan fingerprint density at radius 3 is 2.71 bits per heavy atom. The van der Waals surface area contributed by atoms with Crippen molar-refractivity contribution in [3.05, 3.63) is 17.5 Å². The molecule has 0 aliphatic rings. The van der Waals surface area contributed by atoms with Gasteiger partial charge in [-0.3, -0.25) is 4.68 Å². The van der Waals surface area contributed by atoms with Gasteiger partial charge in [0.05, 0.1) is 6.61 Å². The highest BCUT2D eigenvalue weighted by atomic mass is 19.4. The normalized spacial score (nSPS) is 13.5.